The fourth-order valence-electron chi connectivity index (χ4n) is 3.07. The number of carbonyl (C=O) groups excluding carboxylic acids is 1. The van der Waals surface area contributed by atoms with Crippen LogP contribution in [0.3, 0.4) is 0 Å². The summed E-state index contributed by atoms with van der Waals surface area (Å²) >= 11 is 5.90. The molecule has 1 heterocycles. The van der Waals surface area contributed by atoms with Gasteiger partial charge < -0.3 is 9.47 Å². The van der Waals surface area contributed by atoms with E-state index in [9.17, 15) is 18.0 Å². The Morgan fingerprint density at radius 1 is 1.10 bits per heavy atom. The lowest BCUT2D eigenvalue weighted by molar-refractivity contribution is -0.137. The van der Waals surface area contributed by atoms with Gasteiger partial charge >= 0.3 is 12.1 Å². The topological polar surface area (TPSA) is 61.3 Å². The van der Waals surface area contributed by atoms with Gasteiger partial charge in [-0.05, 0) is 61.1 Å². The second-order valence-corrected chi connectivity index (χ2v) is 7.56. The molecule has 1 fully saturated rings. The third-order valence-corrected chi connectivity index (χ3v) is 4.99. The van der Waals surface area contributed by atoms with Crippen LogP contribution in [0.5, 0.6) is 17.4 Å². The smallest absolute Gasteiger partial charge is 0.416 e. The largest absolute Gasteiger partial charge is 0.434 e. The molecule has 160 valence electrons. The first-order valence-electron chi connectivity index (χ1n) is 9.42. The van der Waals surface area contributed by atoms with Gasteiger partial charge in [0.05, 0.1) is 11.1 Å². The fourth-order valence-corrected chi connectivity index (χ4v) is 3.20. The molecule has 0 spiro atoms. The van der Waals surface area contributed by atoms with Crippen molar-refractivity contribution in [3.8, 4) is 17.4 Å². The van der Waals surface area contributed by atoms with Crippen LogP contribution in [0.15, 0.2) is 48.5 Å². The van der Waals surface area contributed by atoms with Crippen LogP contribution in [0, 0.1) is 6.92 Å². The predicted molar refractivity (Wildman–Crippen MR) is 107 cm³/mol. The molecule has 31 heavy (non-hydrogen) atoms. The monoisotopic (exact) mass is 448 g/mol. The number of aryl methyl sites for hydroxylation is 1. The van der Waals surface area contributed by atoms with Gasteiger partial charge in [0.2, 0.25) is 0 Å². The Morgan fingerprint density at radius 2 is 1.81 bits per heavy atom. The summed E-state index contributed by atoms with van der Waals surface area (Å²) in [6.45, 7) is 1.89. The average molecular weight is 449 g/mol. The third kappa shape index (κ3) is 4.80. The number of alkyl halides is 3. The van der Waals surface area contributed by atoms with Crippen molar-refractivity contribution in [2.45, 2.75) is 31.9 Å². The first kappa shape index (κ1) is 21.1. The van der Waals surface area contributed by atoms with Gasteiger partial charge in [0.15, 0.2) is 10.9 Å². The first-order valence-corrected chi connectivity index (χ1v) is 9.80. The van der Waals surface area contributed by atoms with Crippen molar-refractivity contribution in [3.05, 3.63) is 75.9 Å². The number of esters is 1. The Bertz CT molecular complexity index is 1130. The zero-order valence-corrected chi connectivity index (χ0v) is 17.0. The van der Waals surface area contributed by atoms with Crippen LogP contribution in [-0.2, 0) is 6.18 Å². The maximum atomic E-state index is 12.7. The molecule has 2 aromatic carbocycles. The van der Waals surface area contributed by atoms with E-state index in [4.69, 9.17) is 21.1 Å². The second kappa shape index (κ2) is 8.19. The van der Waals surface area contributed by atoms with Crippen LogP contribution < -0.4 is 9.47 Å². The Balaban J connectivity index is 1.60. The predicted octanol–water partition coefficient (Wildman–Crippen LogP) is 6.35. The number of halogens is 4. The molecule has 1 saturated carbocycles. The van der Waals surface area contributed by atoms with Gasteiger partial charge in [0.25, 0.3) is 5.88 Å². The van der Waals surface area contributed by atoms with Crippen LogP contribution in [0.1, 0.15) is 45.8 Å². The molecule has 0 unspecified atom stereocenters. The molecule has 0 aliphatic heterocycles. The van der Waals surface area contributed by atoms with E-state index in [-0.39, 0.29) is 22.3 Å². The molecule has 0 bridgehead atoms. The summed E-state index contributed by atoms with van der Waals surface area (Å²) in [6.07, 6.45) is -2.39. The zero-order valence-electron chi connectivity index (χ0n) is 16.2. The Morgan fingerprint density at radius 3 is 2.45 bits per heavy atom. The molecule has 0 N–H and O–H groups in total. The highest BCUT2D eigenvalue weighted by Crippen LogP contribution is 2.47. The number of benzene rings is 2. The van der Waals surface area contributed by atoms with Gasteiger partial charge in [0, 0.05) is 6.07 Å². The molecule has 0 saturated heterocycles. The number of hydrogen-bond acceptors (Lipinski definition) is 5. The molecule has 4 rings (SSSR count). The highest BCUT2D eigenvalue weighted by molar-refractivity contribution is 6.29. The van der Waals surface area contributed by atoms with E-state index in [0.29, 0.717) is 11.7 Å². The van der Waals surface area contributed by atoms with E-state index in [2.05, 4.69) is 10.2 Å². The highest BCUT2D eigenvalue weighted by atomic mass is 35.5. The van der Waals surface area contributed by atoms with Gasteiger partial charge in [-0.15, -0.1) is 10.2 Å². The Kier molecular flexibility index (Phi) is 5.58. The van der Waals surface area contributed by atoms with Gasteiger partial charge in [0.1, 0.15) is 5.75 Å². The molecule has 5 nitrogen and oxygen atoms in total. The quantitative estimate of drug-likeness (QED) is 0.426. The number of rotatable bonds is 5. The minimum Gasteiger partial charge on any atom is -0.434 e. The van der Waals surface area contributed by atoms with Crippen molar-refractivity contribution in [1.29, 1.82) is 0 Å². The normalized spacial score (nSPS) is 13.7. The van der Waals surface area contributed by atoms with Gasteiger partial charge in [-0.25, -0.2) is 4.79 Å². The minimum absolute atomic E-state index is 0.0326. The number of hydrogen-bond donors (Lipinski definition) is 0. The molecular formula is C22H16ClF3N2O3. The summed E-state index contributed by atoms with van der Waals surface area (Å²) in [7, 11) is 0. The Labute approximate surface area is 180 Å². The molecule has 0 radical (unpaired) electrons. The lowest BCUT2D eigenvalue weighted by Gasteiger charge is -2.15. The second-order valence-electron chi connectivity index (χ2n) is 7.17. The summed E-state index contributed by atoms with van der Waals surface area (Å²) < 4.78 is 49.5. The molecule has 1 aromatic heterocycles. The summed E-state index contributed by atoms with van der Waals surface area (Å²) in [6, 6.07) is 10.7. The van der Waals surface area contributed by atoms with Crippen LogP contribution in [0.25, 0.3) is 0 Å². The number of ether oxygens (including phenoxy) is 2. The third-order valence-electron chi connectivity index (χ3n) is 4.81. The van der Waals surface area contributed by atoms with E-state index in [0.717, 1.165) is 48.2 Å². The van der Waals surface area contributed by atoms with Crippen LogP contribution in [-0.4, -0.2) is 16.2 Å². The summed E-state index contributed by atoms with van der Waals surface area (Å²) in [5.74, 6) is -0.0349. The van der Waals surface area contributed by atoms with Crippen molar-refractivity contribution >= 4 is 17.6 Å². The summed E-state index contributed by atoms with van der Waals surface area (Å²) in [4.78, 5) is 12.5. The van der Waals surface area contributed by atoms with Crippen molar-refractivity contribution in [3.63, 3.8) is 0 Å². The number of carbonyl (C=O) groups is 1. The van der Waals surface area contributed by atoms with Gasteiger partial charge in [-0.1, -0.05) is 29.8 Å². The molecule has 1 aliphatic carbocycles. The lowest BCUT2D eigenvalue weighted by atomic mass is 10.1. The minimum atomic E-state index is -4.50. The summed E-state index contributed by atoms with van der Waals surface area (Å²) in [5.41, 5.74) is 0.966. The van der Waals surface area contributed by atoms with Gasteiger partial charge in [-0.3, -0.25) is 0 Å². The van der Waals surface area contributed by atoms with E-state index in [1.807, 2.05) is 25.1 Å². The van der Waals surface area contributed by atoms with E-state index in [1.54, 1.807) is 0 Å². The first-order chi connectivity index (χ1) is 14.7. The molecule has 9 heteroatoms. The maximum absolute atomic E-state index is 12.7. The number of para-hydroxylation sites is 1. The Hall–Kier alpha value is -3.13. The van der Waals surface area contributed by atoms with Crippen molar-refractivity contribution in [2.24, 2.45) is 0 Å². The van der Waals surface area contributed by atoms with Gasteiger partial charge in [-0.2, -0.15) is 13.2 Å². The SMILES string of the molecule is Cc1cccc(C2CC2)c1Oc1nnc(Cl)cc1OC(=O)c1ccc(C(F)(F)F)cc1. The highest BCUT2D eigenvalue weighted by Gasteiger charge is 2.31. The summed E-state index contributed by atoms with van der Waals surface area (Å²) in [5, 5.41) is 7.61. The molecule has 0 atom stereocenters. The molecule has 1 aliphatic rings. The van der Waals surface area contributed by atoms with E-state index in [1.165, 1.54) is 6.07 Å². The van der Waals surface area contributed by atoms with Crippen LogP contribution in [0.4, 0.5) is 13.2 Å². The van der Waals surface area contributed by atoms with Crippen molar-refractivity contribution in [2.75, 3.05) is 0 Å². The van der Waals surface area contributed by atoms with Crippen LogP contribution >= 0.6 is 11.6 Å². The van der Waals surface area contributed by atoms with Crippen molar-refractivity contribution in [1.82, 2.24) is 10.2 Å². The molecular weight excluding hydrogens is 433 g/mol. The lowest BCUT2D eigenvalue weighted by Crippen LogP contribution is -2.11. The fraction of sp³-hybridized carbons (Fsp3) is 0.227. The zero-order chi connectivity index (χ0) is 22.2. The molecule has 3 aromatic rings. The number of nitrogens with zero attached hydrogens (tertiary/aromatic N) is 2. The maximum Gasteiger partial charge on any atom is 0.416 e. The van der Waals surface area contributed by atoms with E-state index < -0.39 is 17.7 Å². The van der Waals surface area contributed by atoms with Crippen molar-refractivity contribution < 1.29 is 27.4 Å². The number of aromatic nitrogens is 2. The van der Waals surface area contributed by atoms with Crippen LogP contribution in [0.2, 0.25) is 5.15 Å². The standard InChI is InChI=1S/C22H16ClF3N2O3/c1-12-3-2-4-16(13-5-6-13)19(12)31-20-17(11-18(23)27-28-20)30-21(29)14-7-9-15(10-8-14)22(24,25)26/h2-4,7-11,13H,5-6H2,1H3. The molecule has 0 amide bonds. The average Bonchev–Trinajstić information content (AvgIpc) is 3.56. The van der Waals surface area contributed by atoms with E-state index >= 15 is 0 Å².